The van der Waals surface area contributed by atoms with Crippen molar-refractivity contribution in [2.45, 2.75) is 27.2 Å². The molecule has 0 spiro atoms. The number of aryl methyl sites for hydroxylation is 2. The molecule has 1 amide bonds. The quantitative estimate of drug-likeness (QED) is 0.607. The molecule has 2 aromatic carbocycles. The number of carbonyl (C=O) groups is 1. The second-order valence-electron chi connectivity index (χ2n) is 6.42. The van der Waals surface area contributed by atoms with Gasteiger partial charge in [0.15, 0.2) is 0 Å². The number of hydrogen-bond donors (Lipinski definition) is 1. The molecule has 0 atom stereocenters. The molecule has 0 radical (unpaired) electrons. The number of amides is 1. The van der Waals surface area contributed by atoms with Gasteiger partial charge in [0.05, 0.1) is 25.8 Å². The van der Waals surface area contributed by atoms with E-state index in [0.29, 0.717) is 26.2 Å². The van der Waals surface area contributed by atoms with Crippen molar-refractivity contribution in [3.8, 4) is 11.5 Å². The van der Waals surface area contributed by atoms with Gasteiger partial charge in [0.1, 0.15) is 23.7 Å². The van der Waals surface area contributed by atoms with E-state index in [-0.39, 0.29) is 5.91 Å². The standard InChI is InChI=1S/C22H25NO4/c1-4-25-18-6-8-19(9-7-18)26-12-11-23-21(24)13-17-14-27-22-16(3)15(2)5-10-20(17)22/h5-10,14H,4,11-13H2,1-3H3,(H,23,24). The summed E-state index contributed by atoms with van der Waals surface area (Å²) < 4.78 is 16.7. The first-order valence-corrected chi connectivity index (χ1v) is 9.17. The highest BCUT2D eigenvalue weighted by atomic mass is 16.5. The number of carbonyl (C=O) groups excluding carboxylic acids is 1. The molecule has 5 heteroatoms. The fourth-order valence-corrected chi connectivity index (χ4v) is 2.92. The third-order valence-electron chi connectivity index (χ3n) is 4.52. The van der Waals surface area contributed by atoms with Gasteiger partial charge < -0.3 is 19.2 Å². The Balaban J connectivity index is 1.47. The van der Waals surface area contributed by atoms with Crippen molar-refractivity contribution < 1.29 is 18.7 Å². The van der Waals surface area contributed by atoms with Gasteiger partial charge in [-0.05, 0) is 56.2 Å². The number of nitrogens with one attached hydrogen (secondary N) is 1. The van der Waals surface area contributed by atoms with Crippen molar-refractivity contribution in [3.05, 3.63) is 59.4 Å². The van der Waals surface area contributed by atoms with Crippen LogP contribution in [0.25, 0.3) is 11.0 Å². The van der Waals surface area contributed by atoms with Gasteiger partial charge in [-0.15, -0.1) is 0 Å². The van der Waals surface area contributed by atoms with Crippen LogP contribution in [0.2, 0.25) is 0 Å². The zero-order chi connectivity index (χ0) is 19.2. The minimum absolute atomic E-state index is 0.0498. The second-order valence-corrected chi connectivity index (χ2v) is 6.42. The van der Waals surface area contributed by atoms with Gasteiger partial charge >= 0.3 is 0 Å². The van der Waals surface area contributed by atoms with E-state index in [0.717, 1.165) is 33.6 Å². The van der Waals surface area contributed by atoms with Crippen LogP contribution in [0.15, 0.2) is 47.1 Å². The summed E-state index contributed by atoms with van der Waals surface area (Å²) in [4.78, 5) is 12.2. The molecule has 0 saturated heterocycles. The van der Waals surface area contributed by atoms with E-state index < -0.39 is 0 Å². The van der Waals surface area contributed by atoms with Crippen LogP contribution in [-0.4, -0.2) is 25.7 Å². The van der Waals surface area contributed by atoms with Gasteiger partial charge in [0.25, 0.3) is 0 Å². The molecular formula is C22H25NO4. The number of fused-ring (bicyclic) bond motifs is 1. The SMILES string of the molecule is CCOc1ccc(OCCNC(=O)Cc2coc3c(C)c(C)ccc23)cc1. The molecule has 0 fully saturated rings. The molecule has 5 nitrogen and oxygen atoms in total. The Bertz CT molecular complexity index is 912. The zero-order valence-electron chi connectivity index (χ0n) is 16.0. The number of ether oxygens (including phenoxy) is 2. The molecule has 27 heavy (non-hydrogen) atoms. The van der Waals surface area contributed by atoms with Gasteiger partial charge in [-0.2, -0.15) is 0 Å². The molecule has 0 aliphatic rings. The minimum atomic E-state index is -0.0498. The fourth-order valence-electron chi connectivity index (χ4n) is 2.92. The van der Waals surface area contributed by atoms with Crippen LogP contribution in [0.4, 0.5) is 0 Å². The average molecular weight is 367 g/mol. The number of benzene rings is 2. The maximum Gasteiger partial charge on any atom is 0.224 e. The van der Waals surface area contributed by atoms with E-state index in [1.807, 2.05) is 51.1 Å². The van der Waals surface area contributed by atoms with Crippen molar-refractivity contribution in [2.24, 2.45) is 0 Å². The summed E-state index contributed by atoms with van der Waals surface area (Å²) in [7, 11) is 0. The van der Waals surface area contributed by atoms with E-state index >= 15 is 0 Å². The molecule has 142 valence electrons. The van der Waals surface area contributed by atoms with Gasteiger partial charge in [0, 0.05) is 10.9 Å². The van der Waals surface area contributed by atoms with Gasteiger partial charge in [-0.25, -0.2) is 0 Å². The van der Waals surface area contributed by atoms with Gasteiger partial charge in [-0.1, -0.05) is 12.1 Å². The van der Waals surface area contributed by atoms with Crippen LogP contribution < -0.4 is 14.8 Å². The fraction of sp³-hybridized carbons (Fsp3) is 0.318. The molecule has 1 aromatic heterocycles. The molecule has 3 rings (SSSR count). The number of furan rings is 1. The monoisotopic (exact) mass is 367 g/mol. The maximum atomic E-state index is 12.2. The first-order valence-electron chi connectivity index (χ1n) is 9.17. The van der Waals surface area contributed by atoms with Crippen molar-refractivity contribution >= 4 is 16.9 Å². The average Bonchev–Trinajstić information content (AvgIpc) is 3.07. The first kappa shape index (κ1) is 18.8. The van der Waals surface area contributed by atoms with E-state index in [1.165, 1.54) is 5.56 Å². The van der Waals surface area contributed by atoms with Crippen LogP contribution in [-0.2, 0) is 11.2 Å². The normalized spacial score (nSPS) is 10.8. The lowest BCUT2D eigenvalue weighted by atomic mass is 10.0. The Hall–Kier alpha value is -2.95. The Morgan fingerprint density at radius 1 is 1.04 bits per heavy atom. The smallest absolute Gasteiger partial charge is 0.224 e. The summed E-state index contributed by atoms with van der Waals surface area (Å²) >= 11 is 0. The van der Waals surface area contributed by atoms with Gasteiger partial charge in [-0.3, -0.25) is 4.79 Å². The minimum Gasteiger partial charge on any atom is -0.494 e. The highest BCUT2D eigenvalue weighted by molar-refractivity contribution is 5.89. The van der Waals surface area contributed by atoms with Crippen LogP contribution in [0.1, 0.15) is 23.6 Å². The molecule has 0 unspecified atom stereocenters. The van der Waals surface area contributed by atoms with E-state index in [4.69, 9.17) is 13.9 Å². The number of hydrogen-bond acceptors (Lipinski definition) is 4. The summed E-state index contributed by atoms with van der Waals surface area (Å²) in [5.74, 6) is 1.52. The maximum absolute atomic E-state index is 12.2. The van der Waals surface area contributed by atoms with Crippen LogP contribution >= 0.6 is 0 Å². The molecule has 1 N–H and O–H groups in total. The highest BCUT2D eigenvalue weighted by Crippen LogP contribution is 2.26. The summed E-state index contributed by atoms with van der Waals surface area (Å²) in [6.07, 6.45) is 1.96. The van der Waals surface area contributed by atoms with Crippen molar-refractivity contribution in [1.29, 1.82) is 0 Å². The lowest BCUT2D eigenvalue weighted by Crippen LogP contribution is -2.29. The van der Waals surface area contributed by atoms with Crippen LogP contribution in [0.5, 0.6) is 11.5 Å². The summed E-state index contributed by atoms with van der Waals surface area (Å²) in [6, 6.07) is 11.5. The summed E-state index contributed by atoms with van der Waals surface area (Å²) in [5.41, 5.74) is 4.05. The van der Waals surface area contributed by atoms with E-state index in [2.05, 4.69) is 11.4 Å². The van der Waals surface area contributed by atoms with Crippen LogP contribution in [0.3, 0.4) is 0 Å². The summed E-state index contributed by atoms with van der Waals surface area (Å²) in [5, 5.41) is 3.88. The molecule has 0 aliphatic heterocycles. The molecule has 3 aromatic rings. The second kappa shape index (κ2) is 8.62. The number of rotatable bonds is 8. The lowest BCUT2D eigenvalue weighted by molar-refractivity contribution is -0.120. The lowest BCUT2D eigenvalue weighted by Gasteiger charge is -2.09. The Labute approximate surface area is 159 Å². The first-order chi connectivity index (χ1) is 13.1. The van der Waals surface area contributed by atoms with E-state index in [9.17, 15) is 4.79 Å². The molecule has 1 heterocycles. The largest absolute Gasteiger partial charge is 0.494 e. The Morgan fingerprint density at radius 2 is 1.74 bits per heavy atom. The van der Waals surface area contributed by atoms with Crippen LogP contribution in [0, 0.1) is 13.8 Å². The molecule has 0 saturated carbocycles. The van der Waals surface area contributed by atoms with Crippen molar-refractivity contribution in [3.63, 3.8) is 0 Å². The summed E-state index contributed by atoms with van der Waals surface area (Å²) in [6.45, 7) is 7.51. The van der Waals surface area contributed by atoms with Crippen molar-refractivity contribution in [1.82, 2.24) is 5.32 Å². The third kappa shape index (κ3) is 4.61. The van der Waals surface area contributed by atoms with E-state index in [1.54, 1.807) is 6.26 Å². The molecule has 0 bridgehead atoms. The molecular weight excluding hydrogens is 342 g/mol. The predicted octanol–water partition coefficient (Wildman–Crippen LogP) is 4.19. The van der Waals surface area contributed by atoms with Gasteiger partial charge in [0.2, 0.25) is 5.91 Å². The zero-order valence-corrected chi connectivity index (χ0v) is 16.0. The highest BCUT2D eigenvalue weighted by Gasteiger charge is 2.12. The molecule has 0 aliphatic carbocycles. The Morgan fingerprint density at radius 3 is 2.44 bits per heavy atom. The third-order valence-corrected chi connectivity index (χ3v) is 4.52. The van der Waals surface area contributed by atoms with Crippen molar-refractivity contribution in [2.75, 3.05) is 19.8 Å². The predicted molar refractivity (Wildman–Crippen MR) is 106 cm³/mol. The Kier molecular flexibility index (Phi) is 6.01. The topological polar surface area (TPSA) is 60.7 Å².